The van der Waals surface area contributed by atoms with Crippen molar-refractivity contribution in [2.24, 2.45) is 5.10 Å². The molecule has 40 heavy (non-hydrogen) atoms. The fraction of sp³-hybridized carbons (Fsp3) is 0.172. The number of hydrogen-bond acceptors (Lipinski definition) is 6. The van der Waals surface area contributed by atoms with Gasteiger partial charge in [0.25, 0.3) is 15.9 Å². The van der Waals surface area contributed by atoms with Crippen LogP contribution in [0.4, 0.5) is 5.69 Å². The number of ether oxygens (including phenoxy) is 2. The molecule has 4 aromatic rings. The number of carbonyl (C=O) groups excluding carboxylic acids is 1. The van der Waals surface area contributed by atoms with Gasteiger partial charge in [0.2, 0.25) is 0 Å². The van der Waals surface area contributed by atoms with E-state index < -0.39 is 22.5 Å². The van der Waals surface area contributed by atoms with Gasteiger partial charge >= 0.3 is 0 Å². The van der Waals surface area contributed by atoms with Crippen molar-refractivity contribution in [3.8, 4) is 17.2 Å². The summed E-state index contributed by atoms with van der Waals surface area (Å²) < 4.78 is 40.8. The monoisotopic (exact) mass is 580 g/mol. The third-order valence-electron chi connectivity index (χ3n) is 6.23. The maximum atomic E-state index is 13.6. The molecule has 0 saturated carbocycles. The number of nitrogens with one attached hydrogen (secondary N) is 1. The van der Waals surface area contributed by atoms with Gasteiger partial charge in [0.05, 0.1) is 41.7 Å². The first-order valence-electron chi connectivity index (χ1n) is 12.2. The molecular formula is C29H29ClN4O5S. The molecule has 4 rings (SSSR count). The highest BCUT2D eigenvalue weighted by Gasteiger charge is 2.28. The normalized spacial score (nSPS) is 11.4. The number of para-hydroxylation sites is 1. The lowest BCUT2D eigenvalue weighted by atomic mass is 10.2. The summed E-state index contributed by atoms with van der Waals surface area (Å²) in [6, 6.07) is 21.9. The summed E-state index contributed by atoms with van der Waals surface area (Å²) in [5.74, 6) is 0.109. The maximum absolute atomic E-state index is 13.6. The van der Waals surface area contributed by atoms with Crippen molar-refractivity contribution in [2.45, 2.75) is 18.7 Å². The Labute approximate surface area is 238 Å². The number of sulfonamides is 1. The highest BCUT2D eigenvalue weighted by Crippen LogP contribution is 2.33. The number of halogens is 1. The molecule has 0 atom stereocenters. The summed E-state index contributed by atoms with van der Waals surface area (Å²) in [5, 5.41) is 4.71. The fourth-order valence-electron chi connectivity index (χ4n) is 4.28. The van der Waals surface area contributed by atoms with Gasteiger partial charge in [-0.1, -0.05) is 41.9 Å². The molecule has 0 unspecified atom stereocenters. The number of anilines is 1. The summed E-state index contributed by atoms with van der Waals surface area (Å²) in [7, 11) is -1.18. The van der Waals surface area contributed by atoms with Crippen LogP contribution in [-0.2, 0) is 14.8 Å². The zero-order chi connectivity index (χ0) is 28.9. The first-order valence-corrected chi connectivity index (χ1v) is 14.0. The van der Waals surface area contributed by atoms with Crippen LogP contribution in [0.2, 0.25) is 5.02 Å². The van der Waals surface area contributed by atoms with Crippen molar-refractivity contribution in [3.05, 3.63) is 101 Å². The van der Waals surface area contributed by atoms with E-state index in [0.717, 1.165) is 26.9 Å². The van der Waals surface area contributed by atoms with Gasteiger partial charge in [-0.2, -0.15) is 5.10 Å². The van der Waals surface area contributed by atoms with Gasteiger partial charge in [0, 0.05) is 23.0 Å². The van der Waals surface area contributed by atoms with E-state index in [-0.39, 0.29) is 10.6 Å². The third kappa shape index (κ3) is 5.98. The molecule has 0 fully saturated rings. The maximum Gasteiger partial charge on any atom is 0.264 e. The molecule has 0 aliphatic carbocycles. The van der Waals surface area contributed by atoms with Gasteiger partial charge in [-0.25, -0.2) is 13.8 Å². The average Bonchev–Trinajstić information content (AvgIpc) is 3.24. The minimum absolute atomic E-state index is 0.0353. The molecule has 0 aliphatic heterocycles. The number of rotatable bonds is 10. The predicted octanol–water partition coefficient (Wildman–Crippen LogP) is 5.11. The van der Waals surface area contributed by atoms with Crippen LogP contribution < -0.4 is 19.2 Å². The van der Waals surface area contributed by atoms with Crippen LogP contribution in [-0.4, -0.2) is 45.9 Å². The molecule has 1 N–H and O–H groups in total. The number of nitrogens with zero attached hydrogens (tertiary/aromatic N) is 3. The molecule has 9 nitrogen and oxygen atoms in total. The van der Waals surface area contributed by atoms with Crippen LogP contribution in [0.3, 0.4) is 0 Å². The lowest BCUT2D eigenvalue weighted by molar-refractivity contribution is -0.119. The van der Waals surface area contributed by atoms with E-state index in [1.54, 1.807) is 30.3 Å². The Balaban J connectivity index is 1.59. The molecule has 0 saturated heterocycles. The Hall–Kier alpha value is -4.28. The number of hydrazone groups is 1. The largest absolute Gasteiger partial charge is 0.493 e. The average molecular weight is 581 g/mol. The van der Waals surface area contributed by atoms with Crippen molar-refractivity contribution >= 4 is 39.4 Å². The second-order valence-electron chi connectivity index (χ2n) is 8.77. The van der Waals surface area contributed by atoms with Crippen molar-refractivity contribution < 1.29 is 22.7 Å². The molecule has 11 heteroatoms. The molecule has 0 bridgehead atoms. The van der Waals surface area contributed by atoms with Crippen LogP contribution >= 0.6 is 11.6 Å². The summed E-state index contributed by atoms with van der Waals surface area (Å²) in [5.41, 5.74) is 6.09. The van der Waals surface area contributed by atoms with Gasteiger partial charge in [-0.3, -0.25) is 9.10 Å². The fourth-order valence-corrected chi connectivity index (χ4v) is 5.93. The summed E-state index contributed by atoms with van der Waals surface area (Å²) in [6.07, 6.45) is 1.51. The Morgan fingerprint density at radius 2 is 1.65 bits per heavy atom. The van der Waals surface area contributed by atoms with Gasteiger partial charge in [0.15, 0.2) is 11.5 Å². The van der Waals surface area contributed by atoms with E-state index in [4.69, 9.17) is 21.1 Å². The van der Waals surface area contributed by atoms with Crippen LogP contribution in [0.15, 0.2) is 88.9 Å². The lowest BCUT2D eigenvalue weighted by Gasteiger charge is -2.24. The van der Waals surface area contributed by atoms with E-state index in [1.165, 1.54) is 38.6 Å². The summed E-state index contributed by atoms with van der Waals surface area (Å²) in [4.78, 5) is 13.0. The van der Waals surface area contributed by atoms with E-state index >= 15 is 0 Å². The highest BCUT2D eigenvalue weighted by molar-refractivity contribution is 7.92. The Bertz CT molecular complexity index is 1650. The van der Waals surface area contributed by atoms with Crippen LogP contribution in [0, 0.1) is 13.8 Å². The first-order chi connectivity index (χ1) is 19.2. The molecule has 1 amide bonds. The minimum Gasteiger partial charge on any atom is -0.493 e. The molecule has 3 aromatic carbocycles. The van der Waals surface area contributed by atoms with E-state index in [9.17, 15) is 13.2 Å². The molecule has 0 aliphatic rings. The van der Waals surface area contributed by atoms with E-state index in [2.05, 4.69) is 10.5 Å². The van der Waals surface area contributed by atoms with Crippen molar-refractivity contribution in [1.29, 1.82) is 0 Å². The SMILES string of the molecule is COc1ccc(N(CC(=O)N/N=C\c2cc(C)n(-c3ccccc3Cl)c2C)S(=O)(=O)c2ccccc2)cc1OC. The first kappa shape index (κ1) is 28.7. The van der Waals surface area contributed by atoms with E-state index in [0.29, 0.717) is 16.5 Å². The molecule has 1 heterocycles. The highest BCUT2D eigenvalue weighted by atomic mass is 35.5. The Morgan fingerprint density at radius 1 is 0.975 bits per heavy atom. The zero-order valence-electron chi connectivity index (χ0n) is 22.5. The molecular weight excluding hydrogens is 552 g/mol. The number of aryl methyl sites for hydroxylation is 1. The number of carbonyl (C=O) groups is 1. The van der Waals surface area contributed by atoms with Crippen molar-refractivity contribution in [1.82, 2.24) is 9.99 Å². The second kappa shape index (κ2) is 12.3. The number of aromatic nitrogens is 1. The smallest absolute Gasteiger partial charge is 0.264 e. The molecule has 0 spiro atoms. The Morgan fingerprint density at radius 3 is 2.33 bits per heavy atom. The molecule has 0 radical (unpaired) electrons. The third-order valence-corrected chi connectivity index (χ3v) is 8.34. The van der Waals surface area contributed by atoms with Crippen molar-refractivity contribution in [2.75, 3.05) is 25.1 Å². The van der Waals surface area contributed by atoms with Crippen molar-refractivity contribution in [3.63, 3.8) is 0 Å². The van der Waals surface area contributed by atoms with Gasteiger partial charge in [0.1, 0.15) is 6.54 Å². The number of hydrogen-bond donors (Lipinski definition) is 1. The number of benzene rings is 3. The standard InChI is InChI=1S/C29H29ClN4O5S/c1-20-16-22(21(2)34(20)26-13-9-8-12-25(26)30)18-31-32-29(35)19-33(40(36,37)24-10-6-5-7-11-24)23-14-15-27(38-3)28(17-23)39-4/h5-18H,19H2,1-4H3,(H,32,35)/b31-18-. The molecule has 1 aromatic heterocycles. The minimum atomic E-state index is -4.11. The quantitative estimate of drug-likeness (QED) is 0.207. The van der Waals surface area contributed by atoms with E-state index in [1.807, 2.05) is 48.7 Å². The molecule has 208 valence electrons. The lowest BCUT2D eigenvalue weighted by Crippen LogP contribution is -2.39. The number of methoxy groups -OCH3 is 2. The summed E-state index contributed by atoms with van der Waals surface area (Å²) in [6.45, 7) is 3.34. The predicted molar refractivity (Wildman–Crippen MR) is 157 cm³/mol. The number of amides is 1. The Kier molecular flexibility index (Phi) is 8.81. The van der Waals surface area contributed by atoms with Crippen LogP contribution in [0.1, 0.15) is 17.0 Å². The zero-order valence-corrected chi connectivity index (χ0v) is 24.0. The second-order valence-corrected chi connectivity index (χ2v) is 11.0. The van der Waals surface area contributed by atoms with Gasteiger partial charge in [-0.15, -0.1) is 0 Å². The van der Waals surface area contributed by atoms with Crippen LogP contribution in [0.25, 0.3) is 5.69 Å². The topological polar surface area (TPSA) is 102 Å². The van der Waals surface area contributed by atoms with Gasteiger partial charge < -0.3 is 14.0 Å². The summed E-state index contributed by atoms with van der Waals surface area (Å²) >= 11 is 6.39. The van der Waals surface area contributed by atoms with Crippen LogP contribution in [0.5, 0.6) is 11.5 Å². The van der Waals surface area contributed by atoms with Gasteiger partial charge in [-0.05, 0) is 56.3 Å².